The number of nitrogens with zero attached hydrogens (tertiary/aromatic N) is 1. The molecule has 1 N–H and O–H groups in total. The molecule has 2 rings (SSSR count). The van der Waals surface area contributed by atoms with Crippen molar-refractivity contribution in [1.82, 2.24) is 4.98 Å². The molecular formula is C14H12N2O2S. The van der Waals surface area contributed by atoms with Crippen LogP contribution >= 0.6 is 12.2 Å². The number of aromatic nitrogens is 1. The summed E-state index contributed by atoms with van der Waals surface area (Å²) in [5.74, 6) is 1.31. The number of ether oxygens (including phenoxy) is 2. The average molecular weight is 272 g/mol. The molecule has 19 heavy (non-hydrogen) atoms. The molecule has 0 fully saturated rings. The third-order valence-corrected chi connectivity index (χ3v) is 3.05. The molecule has 0 saturated carbocycles. The van der Waals surface area contributed by atoms with Gasteiger partial charge in [-0.2, -0.15) is 5.26 Å². The summed E-state index contributed by atoms with van der Waals surface area (Å²) < 4.78 is 10.9. The fourth-order valence-corrected chi connectivity index (χ4v) is 1.96. The molecule has 1 heterocycles. The van der Waals surface area contributed by atoms with Gasteiger partial charge < -0.3 is 14.5 Å². The van der Waals surface area contributed by atoms with Gasteiger partial charge in [-0.25, -0.2) is 0 Å². The van der Waals surface area contributed by atoms with Gasteiger partial charge in [0.2, 0.25) is 0 Å². The molecule has 0 bridgehead atoms. The summed E-state index contributed by atoms with van der Waals surface area (Å²) >= 11 is 5.11. The number of hydrogen-bond acceptors (Lipinski definition) is 4. The number of nitrogens with one attached hydrogen (secondary N) is 1. The molecule has 4 nitrogen and oxygen atoms in total. The molecule has 0 radical (unpaired) electrons. The average Bonchev–Trinajstić information content (AvgIpc) is 2.46. The van der Waals surface area contributed by atoms with E-state index in [1.807, 2.05) is 30.3 Å². The van der Waals surface area contributed by atoms with Crippen molar-refractivity contribution < 1.29 is 9.47 Å². The van der Waals surface area contributed by atoms with E-state index in [1.54, 1.807) is 20.3 Å². The van der Waals surface area contributed by atoms with Crippen LogP contribution in [0.2, 0.25) is 0 Å². The quantitative estimate of drug-likeness (QED) is 0.871. The molecule has 0 saturated heterocycles. The fraction of sp³-hybridized carbons (Fsp3) is 0.143. The second-order valence-electron chi connectivity index (χ2n) is 3.80. The summed E-state index contributed by atoms with van der Waals surface area (Å²) in [6.07, 6.45) is 0. The van der Waals surface area contributed by atoms with Gasteiger partial charge in [-0.1, -0.05) is 12.2 Å². The van der Waals surface area contributed by atoms with Crippen molar-refractivity contribution in [2.24, 2.45) is 0 Å². The van der Waals surface area contributed by atoms with E-state index >= 15 is 0 Å². The van der Waals surface area contributed by atoms with E-state index in [4.69, 9.17) is 27.0 Å². The first kappa shape index (κ1) is 13.1. The molecule has 0 spiro atoms. The molecule has 5 heteroatoms. The van der Waals surface area contributed by atoms with Crippen molar-refractivity contribution in [2.45, 2.75) is 0 Å². The SMILES string of the molecule is COc1ccc(-c2ccc(C#N)c(=S)[nH]2)cc1OC. The van der Waals surface area contributed by atoms with Gasteiger partial charge in [-0.3, -0.25) is 0 Å². The lowest BCUT2D eigenvalue weighted by Crippen LogP contribution is -1.92. The lowest BCUT2D eigenvalue weighted by atomic mass is 10.1. The van der Waals surface area contributed by atoms with Gasteiger partial charge in [0.25, 0.3) is 0 Å². The number of rotatable bonds is 3. The Hall–Kier alpha value is -2.32. The predicted molar refractivity (Wildman–Crippen MR) is 74.9 cm³/mol. The van der Waals surface area contributed by atoms with E-state index in [1.165, 1.54) is 0 Å². The Morgan fingerprint density at radius 3 is 2.42 bits per heavy atom. The van der Waals surface area contributed by atoms with Gasteiger partial charge in [0.15, 0.2) is 11.5 Å². The lowest BCUT2D eigenvalue weighted by molar-refractivity contribution is 0.355. The molecular weight excluding hydrogens is 260 g/mol. The summed E-state index contributed by atoms with van der Waals surface area (Å²) in [5, 5.41) is 8.86. The van der Waals surface area contributed by atoms with Crippen molar-refractivity contribution in [3.8, 4) is 28.8 Å². The summed E-state index contributed by atoms with van der Waals surface area (Å²) in [7, 11) is 3.18. The number of pyridine rings is 1. The summed E-state index contributed by atoms with van der Waals surface area (Å²) in [6, 6.07) is 11.1. The van der Waals surface area contributed by atoms with Gasteiger partial charge in [-0.15, -0.1) is 0 Å². The highest BCUT2D eigenvalue weighted by atomic mass is 32.1. The highest BCUT2D eigenvalue weighted by Gasteiger charge is 2.07. The molecule has 0 aliphatic rings. The topological polar surface area (TPSA) is 58.0 Å². The first-order valence-electron chi connectivity index (χ1n) is 5.55. The van der Waals surface area contributed by atoms with Crippen LogP contribution in [-0.4, -0.2) is 19.2 Å². The van der Waals surface area contributed by atoms with Crippen molar-refractivity contribution >= 4 is 12.2 Å². The number of aromatic amines is 1. The first-order chi connectivity index (χ1) is 9.19. The molecule has 96 valence electrons. The Bertz CT molecular complexity index is 701. The molecule has 0 atom stereocenters. The maximum atomic E-state index is 8.86. The van der Waals surface area contributed by atoms with Crippen LogP contribution in [0.5, 0.6) is 11.5 Å². The summed E-state index contributed by atoms with van der Waals surface area (Å²) in [6.45, 7) is 0. The molecule has 1 aromatic carbocycles. The number of methoxy groups -OCH3 is 2. The largest absolute Gasteiger partial charge is 0.493 e. The fourth-order valence-electron chi connectivity index (χ4n) is 1.73. The summed E-state index contributed by atoms with van der Waals surface area (Å²) in [4.78, 5) is 3.03. The molecule has 0 aliphatic heterocycles. The van der Waals surface area contributed by atoms with Crippen LogP contribution < -0.4 is 9.47 Å². The van der Waals surface area contributed by atoms with Gasteiger partial charge in [0.1, 0.15) is 10.7 Å². The Kier molecular flexibility index (Phi) is 3.83. The number of benzene rings is 1. The normalized spacial score (nSPS) is 9.74. The van der Waals surface area contributed by atoms with Crippen molar-refractivity contribution in [3.63, 3.8) is 0 Å². The van der Waals surface area contributed by atoms with E-state index in [0.717, 1.165) is 11.3 Å². The van der Waals surface area contributed by atoms with Crippen molar-refractivity contribution in [3.05, 3.63) is 40.5 Å². The minimum absolute atomic E-state index is 0.426. The van der Waals surface area contributed by atoms with Crippen LogP contribution in [0.4, 0.5) is 0 Å². The number of nitriles is 1. The third kappa shape index (κ3) is 2.59. The smallest absolute Gasteiger partial charge is 0.161 e. The van der Waals surface area contributed by atoms with Crippen LogP contribution in [-0.2, 0) is 0 Å². The second-order valence-corrected chi connectivity index (χ2v) is 4.20. The predicted octanol–water partition coefficient (Wildman–Crippen LogP) is 3.30. The molecule has 1 aromatic heterocycles. The minimum atomic E-state index is 0.426. The van der Waals surface area contributed by atoms with Crippen molar-refractivity contribution in [1.29, 1.82) is 5.26 Å². The van der Waals surface area contributed by atoms with Crippen molar-refractivity contribution in [2.75, 3.05) is 14.2 Å². The first-order valence-corrected chi connectivity index (χ1v) is 5.96. The zero-order chi connectivity index (χ0) is 13.8. The number of hydrogen-bond donors (Lipinski definition) is 1. The van der Waals surface area contributed by atoms with E-state index in [9.17, 15) is 0 Å². The molecule has 0 unspecified atom stereocenters. The molecule has 0 aliphatic carbocycles. The standard InChI is InChI=1S/C14H12N2O2S/c1-17-12-6-4-9(7-13(12)18-2)11-5-3-10(8-15)14(19)16-11/h3-7H,1-2H3,(H,16,19). The maximum absolute atomic E-state index is 8.86. The van der Waals surface area contributed by atoms with E-state index in [2.05, 4.69) is 4.98 Å². The molecule has 0 amide bonds. The Morgan fingerprint density at radius 2 is 1.84 bits per heavy atom. The minimum Gasteiger partial charge on any atom is -0.493 e. The molecule has 2 aromatic rings. The Morgan fingerprint density at radius 1 is 1.11 bits per heavy atom. The third-order valence-electron chi connectivity index (χ3n) is 2.72. The van der Waals surface area contributed by atoms with Gasteiger partial charge in [-0.05, 0) is 30.3 Å². The zero-order valence-corrected chi connectivity index (χ0v) is 11.4. The highest BCUT2D eigenvalue weighted by molar-refractivity contribution is 7.71. The van der Waals surface area contributed by atoms with E-state index in [0.29, 0.717) is 21.7 Å². The van der Waals surface area contributed by atoms with Crippen LogP contribution in [0, 0.1) is 16.0 Å². The van der Waals surface area contributed by atoms with Gasteiger partial charge in [0, 0.05) is 11.3 Å². The Balaban J connectivity index is 2.51. The summed E-state index contributed by atoms with van der Waals surface area (Å²) in [5.41, 5.74) is 2.19. The van der Waals surface area contributed by atoms with Crippen LogP contribution in [0.25, 0.3) is 11.3 Å². The van der Waals surface area contributed by atoms with E-state index in [-0.39, 0.29) is 0 Å². The monoisotopic (exact) mass is 272 g/mol. The van der Waals surface area contributed by atoms with Crippen LogP contribution in [0.3, 0.4) is 0 Å². The number of H-pyrrole nitrogens is 1. The van der Waals surface area contributed by atoms with Gasteiger partial charge >= 0.3 is 0 Å². The maximum Gasteiger partial charge on any atom is 0.161 e. The zero-order valence-electron chi connectivity index (χ0n) is 10.6. The lowest BCUT2D eigenvalue weighted by Gasteiger charge is -2.09. The Labute approximate surface area is 116 Å². The van der Waals surface area contributed by atoms with Crippen LogP contribution in [0.1, 0.15) is 5.56 Å². The second kappa shape index (κ2) is 5.55. The highest BCUT2D eigenvalue weighted by Crippen LogP contribution is 2.31. The van der Waals surface area contributed by atoms with Crippen LogP contribution in [0.15, 0.2) is 30.3 Å². The van der Waals surface area contributed by atoms with Gasteiger partial charge in [0.05, 0.1) is 19.8 Å². The van der Waals surface area contributed by atoms with E-state index < -0.39 is 0 Å².